The molecule has 19 heavy (non-hydrogen) atoms. The van der Waals surface area contributed by atoms with Crippen LogP contribution in [-0.2, 0) is 15.1 Å². The van der Waals surface area contributed by atoms with Gasteiger partial charge in [0.25, 0.3) is 0 Å². The highest BCUT2D eigenvalue weighted by Gasteiger charge is 2.41. The molecule has 0 aliphatic carbocycles. The van der Waals surface area contributed by atoms with Crippen LogP contribution in [0.25, 0.3) is 0 Å². The van der Waals surface area contributed by atoms with Crippen molar-refractivity contribution in [2.24, 2.45) is 0 Å². The van der Waals surface area contributed by atoms with E-state index in [0.29, 0.717) is 12.5 Å². The van der Waals surface area contributed by atoms with Crippen LogP contribution in [0.3, 0.4) is 0 Å². The van der Waals surface area contributed by atoms with Gasteiger partial charge in [-0.05, 0) is 19.5 Å². The molecule has 0 aromatic heterocycles. The molecule has 0 saturated carbocycles. The van der Waals surface area contributed by atoms with Gasteiger partial charge < -0.3 is 9.64 Å². The van der Waals surface area contributed by atoms with E-state index >= 15 is 0 Å². The molecule has 0 bridgehead atoms. The van der Waals surface area contributed by atoms with Crippen LogP contribution in [-0.4, -0.2) is 30.5 Å². The lowest BCUT2D eigenvalue weighted by atomic mass is 9.81. The Hall–Kier alpha value is -1.35. The summed E-state index contributed by atoms with van der Waals surface area (Å²) in [4.78, 5) is 14.1. The van der Waals surface area contributed by atoms with Crippen molar-refractivity contribution in [3.05, 3.63) is 35.9 Å². The second-order valence-corrected chi connectivity index (χ2v) is 5.47. The van der Waals surface area contributed by atoms with E-state index in [0.717, 1.165) is 24.9 Å². The maximum Gasteiger partial charge on any atom is 0.306 e. The number of hydrogen-bond donors (Lipinski definition) is 0. The van der Waals surface area contributed by atoms with E-state index in [1.807, 2.05) is 25.1 Å². The fourth-order valence-electron chi connectivity index (χ4n) is 2.76. The lowest BCUT2D eigenvalue weighted by molar-refractivity contribution is -0.168. The smallest absolute Gasteiger partial charge is 0.306 e. The van der Waals surface area contributed by atoms with Crippen LogP contribution in [0.5, 0.6) is 0 Å². The molecule has 2 atom stereocenters. The number of likely N-dealkylation sites (tertiary alicyclic amines) is 1. The molecule has 1 aromatic carbocycles. The van der Waals surface area contributed by atoms with Crippen molar-refractivity contribution in [3.63, 3.8) is 0 Å². The Bertz CT molecular complexity index is 432. The van der Waals surface area contributed by atoms with E-state index in [-0.39, 0.29) is 5.97 Å². The molecule has 3 heteroatoms. The first kappa shape index (κ1) is 14.1. The third-order valence-corrected chi connectivity index (χ3v) is 4.14. The highest BCUT2D eigenvalue weighted by molar-refractivity contribution is 5.69. The molecule has 104 valence electrons. The van der Waals surface area contributed by atoms with Gasteiger partial charge in [0.15, 0.2) is 0 Å². The van der Waals surface area contributed by atoms with Crippen LogP contribution >= 0.6 is 0 Å². The second-order valence-electron chi connectivity index (χ2n) is 5.47. The summed E-state index contributed by atoms with van der Waals surface area (Å²) in [5.41, 5.74) is 0.678. The molecule has 1 saturated heterocycles. The highest BCUT2D eigenvalue weighted by atomic mass is 16.6. The highest BCUT2D eigenvalue weighted by Crippen LogP contribution is 2.39. The first-order valence-electron chi connectivity index (χ1n) is 7.05. The summed E-state index contributed by atoms with van der Waals surface area (Å²) in [7, 11) is 2.13. The Labute approximate surface area is 115 Å². The zero-order valence-electron chi connectivity index (χ0n) is 12.1. The standard InChI is InChI=1S/C16H23NO2/c1-4-15(18)19-16(14-8-6-5-7-9-14)10-11-17(3)13(2)12-16/h5-9,13H,4,10-12H2,1-3H3/t13-,16+/m1/s1. The van der Waals surface area contributed by atoms with Gasteiger partial charge in [-0.1, -0.05) is 37.3 Å². The maximum absolute atomic E-state index is 11.8. The zero-order chi connectivity index (χ0) is 13.9. The minimum Gasteiger partial charge on any atom is -0.454 e. The summed E-state index contributed by atoms with van der Waals surface area (Å²) in [6, 6.07) is 10.6. The van der Waals surface area contributed by atoms with Crippen molar-refractivity contribution in [1.82, 2.24) is 4.90 Å². The number of benzene rings is 1. The largest absolute Gasteiger partial charge is 0.454 e. The molecule has 0 amide bonds. The van der Waals surface area contributed by atoms with Gasteiger partial charge >= 0.3 is 5.97 Å². The number of esters is 1. The SMILES string of the molecule is CCC(=O)O[C@@]1(c2ccccc2)CCN(C)[C@H](C)C1. The second kappa shape index (κ2) is 5.74. The summed E-state index contributed by atoms with van der Waals surface area (Å²) >= 11 is 0. The van der Waals surface area contributed by atoms with E-state index in [1.54, 1.807) is 0 Å². The molecule has 0 unspecified atom stereocenters. The normalized spacial score (nSPS) is 28.1. The Balaban J connectivity index is 2.31. The number of carbonyl (C=O) groups is 1. The quantitative estimate of drug-likeness (QED) is 0.783. The first-order chi connectivity index (χ1) is 9.07. The van der Waals surface area contributed by atoms with Gasteiger partial charge in [-0.15, -0.1) is 0 Å². The zero-order valence-corrected chi connectivity index (χ0v) is 12.1. The average molecular weight is 261 g/mol. The molecule has 1 aliphatic heterocycles. The van der Waals surface area contributed by atoms with Gasteiger partial charge in [-0.3, -0.25) is 4.79 Å². The fourth-order valence-corrected chi connectivity index (χ4v) is 2.76. The number of rotatable bonds is 3. The molecular formula is C16H23NO2. The lowest BCUT2D eigenvalue weighted by Gasteiger charge is -2.44. The van der Waals surface area contributed by atoms with Crippen LogP contribution in [0.1, 0.15) is 38.7 Å². The molecule has 0 radical (unpaired) electrons. The molecule has 0 N–H and O–H groups in total. The van der Waals surface area contributed by atoms with Gasteiger partial charge in [0.05, 0.1) is 0 Å². The van der Waals surface area contributed by atoms with Crippen LogP contribution in [0.2, 0.25) is 0 Å². The molecule has 0 spiro atoms. The third-order valence-electron chi connectivity index (χ3n) is 4.14. The van der Waals surface area contributed by atoms with E-state index in [4.69, 9.17) is 4.74 Å². The van der Waals surface area contributed by atoms with Crippen LogP contribution in [0, 0.1) is 0 Å². The number of hydrogen-bond acceptors (Lipinski definition) is 3. The van der Waals surface area contributed by atoms with Crippen LogP contribution in [0.15, 0.2) is 30.3 Å². The minimum atomic E-state index is -0.444. The summed E-state index contributed by atoms with van der Waals surface area (Å²) < 4.78 is 5.87. The number of carbonyl (C=O) groups excluding carboxylic acids is 1. The van der Waals surface area contributed by atoms with Crippen molar-refractivity contribution < 1.29 is 9.53 Å². The molecule has 1 aromatic rings. The molecular weight excluding hydrogens is 238 g/mol. The lowest BCUT2D eigenvalue weighted by Crippen LogP contribution is -2.48. The van der Waals surface area contributed by atoms with E-state index in [2.05, 4.69) is 31.0 Å². The molecule has 2 rings (SSSR count). The Morgan fingerprint density at radius 3 is 2.68 bits per heavy atom. The van der Waals surface area contributed by atoms with E-state index in [9.17, 15) is 4.79 Å². The van der Waals surface area contributed by atoms with Crippen LogP contribution in [0.4, 0.5) is 0 Å². The third kappa shape index (κ3) is 2.98. The van der Waals surface area contributed by atoms with Gasteiger partial charge in [-0.2, -0.15) is 0 Å². The van der Waals surface area contributed by atoms with E-state index in [1.165, 1.54) is 0 Å². The summed E-state index contributed by atoms with van der Waals surface area (Å²) in [5.74, 6) is -0.111. The number of ether oxygens (including phenoxy) is 1. The number of piperidine rings is 1. The number of nitrogens with zero attached hydrogens (tertiary/aromatic N) is 1. The molecule has 1 heterocycles. The van der Waals surface area contributed by atoms with Gasteiger partial charge in [0, 0.05) is 31.8 Å². The Morgan fingerprint density at radius 2 is 2.11 bits per heavy atom. The van der Waals surface area contributed by atoms with Crippen molar-refractivity contribution >= 4 is 5.97 Å². The predicted octanol–water partition coefficient (Wildman–Crippen LogP) is 2.95. The average Bonchev–Trinajstić information content (AvgIpc) is 2.44. The Morgan fingerprint density at radius 1 is 1.42 bits per heavy atom. The fraction of sp³-hybridized carbons (Fsp3) is 0.562. The molecule has 1 aliphatic rings. The monoisotopic (exact) mass is 261 g/mol. The van der Waals surface area contributed by atoms with Gasteiger partial charge in [0.1, 0.15) is 5.60 Å². The van der Waals surface area contributed by atoms with Crippen LogP contribution < -0.4 is 0 Å². The van der Waals surface area contributed by atoms with Gasteiger partial charge in [0.2, 0.25) is 0 Å². The predicted molar refractivity (Wildman–Crippen MR) is 75.8 cm³/mol. The summed E-state index contributed by atoms with van der Waals surface area (Å²) in [6.07, 6.45) is 2.15. The first-order valence-corrected chi connectivity index (χ1v) is 7.05. The van der Waals surface area contributed by atoms with Crippen molar-refractivity contribution in [1.29, 1.82) is 0 Å². The minimum absolute atomic E-state index is 0.111. The van der Waals surface area contributed by atoms with Crippen molar-refractivity contribution in [2.75, 3.05) is 13.6 Å². The molecule has 3 nitrogen and oxygen atoms in total. The van der Waals surface area contributed by atoms with E-state index < -0.39 is 5.60 Å². The molecule has 1 fully saturated rings. The Kier molecular flexibility index (Phi) is 4.25. The van der Waals surface area contributed by atoms with Crippen molar-refractivity contribution in [2.45, 2.75) is 44.8 Å². The maximum atomic E-state index is 11.8. The van der Waals surface area contributed by atoms with Crippen molar-refractivity contribution in [3.8, 4) is 0 Å². The topological polar surface area (TPSA) is 29.5 Å². The summed E-state index contributed by atoms with van der Waals surface area (Å²) in [5, 5.41) is 0. The van der Waals surface area contributed by atoms with Gasteiger partial charge in [-0.25, -0.2) is 0 Å². The summed E-state index contributed by atoms with van der Waals surface area (Å²) in [6.45, 7) is 4.99.